The van der Waals surface area contributed by atoms with Gasteiger partial charge in [-0.15, -0.1) is 0 Å². The molecule has 0 saturated heterocycles. The zero-order valence-corrected chi connectivity index (χ0v) is 6.32. The second-order valence-corrected chi connectivity index (χ2v) is 3.83. The number of Topliss-reactive ketones (excluding diaryl/α,β-unsaturated/α-hetero) is 1. The van der Waals surface area contributed by atoms with Crippen LogP contribution in [0.4, 0.5) is 0 Å². The van der Waals surface area contributed by atoms with Crippen molar-refractivity contribution in [1.82, 2.24) is 0 Å². The Bertz CT molecular complexity index is 88.9. The lowest BCUT2D eigenvalue weighted by Crippen LogP contribution is -2.06. The molecule has 0 fully saturated rings. The van der Waals surface area contributed by atoms with Gasteiger partial charge in [0, 0.05) is 0 Å². The first-order chi connectivity index (χ1) is 3.18. The lowest BCUT2D eigenvalue weighted by atomic mass is 10.5. The zero-order valence-electron chi connectivity index (χ0n) is 3.15. The van der Waals surface area contributed by atoms with E-state index < -0.39 is 9.52 Å². The highest BCUT2D eigenvalue weighted by Gasteiger charge is 2.07. The monoisotopic (exact) mass is 227 g/mol. The first-order valence-electron chi connectivity index (χ1n) is 1.38. The minimum Gasteiger partial charge on any atom is -0.288 e. The summed E-state index contributed by atoms with van der Waals surface area (Å²) in [7, 11) is 0. The van der Waals surface area contributed by atoms with Crippen LogP contribution in [0, 0.1) is 0 Å². The van der Waals surface area contributed by atoms with Crippen molar-refractivity contribution >= 4 is 43.9 Å². The molecule has 0 aromatic rings. The van der Waals surface area contributed by atoms with Gasteiger partial charge >= 0.3 is 0 Å². The summed E-state index contributed by atoms with van der Waals surface area (Å²) in [4.78, 5) is 19.4. The molecule has 0 aliphatic heterocycles. The Hall–Kier alpha value is 0.300. The maximum atomic E-state index is 9.99. The van der Waals surface area contributed by atoms with Crippen molar-refractivity contribution < 1.29 is 9.59 Å². The molecule has 0 saturated carbocycles. The van der Waals surface area contributed by atoms with Crippen molar-refractivity contribution in [3.8, 4) is 0 Å². The number of carbonyl (C=O) groups excluding carboxylic acids is 2. The van der Waals surface area contributed by atoms with Gasteiger partial charge in [-0.05, 0) is 0 Å². The van der Waals surface area contributed by atoms with Crippen molar-refractivity contribution in [2.45, 2.75) is 3.74 Å². The van der Waals surface area contributed by atoms with Gasteiger partial charge in [0.2, 0.25) is 5.78 Å². The summed E-state index contributed by atoms with van der Waals surface area (Å²) in [5.74, 6) is -0.625. The van der Waals surface area contributed by atoms with E-state index in [1.54, 1.807) is 0 Å². The highest BCUT2D eigenvalue weighted by molar-refractivity contribution is 9.25. The Morgan fingerprint density at radius 3 is 2.00 bits per heavy atom. The Balaban J connectivity index is 3.56. The van der Waals surface area contributed by atoms with Gasteiger partial charge in [-0.3, -0.25) is 9.59 Å². The fraction of sp³-hybridized carbons (Fsp3) is 0.333. The first-order valence-corrected chi connectivity index (χ1v) is 3.21. The van der Waals surface area contributed by atoms with Crippen LogP contribution in [-0.2, 0) is 9.59 Å². The molecule has 1 radical (unpaired) electrons. The van der Waals surface area contributed by atoms with Crippen molar-refractivity contribution in [3.63, 3.8) is 0 Å². The molecule has 39 valence electrons. The van der Waals surface area contributed by atoms with E-state index in [0.717, 1.165) is 0 Å². The maximum absolute atomic E-state index is 9.99. The Morgan fingerprint density at radius 1 is 1.57 bits per heavy atom. The second kappa shape index (κ2) is 3.32. The molecular formula is C3HBr2O2. The van der Waals surface area contributed by atoms with Crippen LogP contribution in [-0.4, -0.2) is 15.8 Å². The predicted molar refractivity (Wildman–Crippen MR) is 32.3 cm³/mol. The third kappa shape index (κ3) is 2.93. The van der Waals surface area contributed by atoms with E-state index in [2.05, 4.69) is 31.9 Å². The Kier molecular flexibility index (Phi) is 3.46. The van der Waals surface area contributed by atoms with Gasteiger partial charge in [0.15, 0.2) is 0 Å². The van der Waals surface area contributed by atoms with Gasteiger partial charge in [-0.1, -0.05) is 31.9 Å². The van der Waals surface area contributed by atoms with Crippen LogP contribution >= 0.6 is 31.9 Å². The van der Waals surface area contributed by atoms with Gasteiger partial charge in [0.05, 0.1) is 0 Å². The minimum absolute atomic E-state index is 0.572. The Morgan fingerprint density at radius 2 is 2.00 bits per heavy atom. The lowest BCUT2D eigenvalue weighted by Gasteiger charge is -1.84. The quantitative estimate of drug-likeness (QED) is 0.517. The Labute approximate surface area is 57.5 Å². The van der Waals surface area contributed by atoms with Crippen LogP contribution in [0.1, 0.15) is 0 Å². The summed E-state index contributed by atoms with van der Waals surface area (Å²) in [6.07, 6.45) is 1.18. The summed E-state index contributed by atoms with van der Waals surface area (Å²) in [6, 6.07) is 0. The van der Waals surface area contributed by atoms with Crippen LogP contribution in [0.3, 0.4) is 0 Å². The topological polar surface area (TPSA) is 34.1 Å². The molecule has 0 aliphatic rings. The summed E-state index contributed by atoms with van der Waals surface area (Å²) in [5.41, 5.74) is 0. The van der Waals surface area contributed by atoms with Gasteiger partial charge < -0.3 is 0 Å². The van der Waals surface area contributed by atoms with Gasteiger partial charge in [0.25, 0.3) is 6.29 Å². The van der Waals surface area contributed by atoms with Gasteiger partial charge in [-0.25, -0.2) is 0 Å². The number of hydrogen-bond acceptors (Lipinski definition) is 2. The SMILES string of the molecule is O=[C]C(=O)C(Br)Br. The van der Waals surface area contributed by atoms with E-state index in [1.165, 1.54) is 6.29 Å². The second-order valence-electron chi connectivity index (χ2n) is 0.767. The molecule has 0 rings (SSSR count). The van der Waals surface area contributed by atoms with E-state index in [9.17, 15) is 9.59 Å². The molecule has 2 nitrogen and oxygen atoms in total. The predicted octanol–water partition coefficient (Wildman–Crippen LogP) is 0.781. The standard InChI is InChI=1S/C3HBr2O2/c4-3(5)2(7)1-6/h3H. The molecule has 0 unspecified atom stereocenters. The average molecular weight is 229 g/mol. The van der Waals surface area contributed by atoms with Crippen LogP contribution in [0.15, 0.2) is 0 Å². The van der Waals surface area contributed by atoms with Crippen molar-refractivity contribution in [1.29, 1.82) is 0 Å². The highest BCUT2D eigenvalue weighted by atomic mass is 79.9. The summed E-state index contributed by atoms with van der Waals surface area (Å²) in [5, 5.41) is 0. The molecular weight excluding hydrogens is 228 g/mol. The molecule has 0 aromatic heterocycles. The minimum atomic E-state index is -0.625. The molecule has 0 aliphatic carbocycles. The van der Waals surface area contributed by atoms with E-state index in [1.807, 2.05) is 0 Å². The molecule has 7 heavy (non-hydrogen) atoms. The van der Waals surface area contributed by atoms with E-state index >= 15 is 0 Å². The lowest BCUT2D eigenvalue weighted by molar-refractivity contribution is -0.111. The molecule has 4 heteroatoms. The summed E-state index contributed by atoms with van der Waals surface area (Å²) in [6.45, 7) is 0. The van der Waals surface area contributed by atoms with Crippen LogP contribution in [0.25, 0.3) is 0 Å². The molecule has 0 spiro atoms. The number of hydrogen-bond donors (Lipinski definition) is 0. The fourth-order valence-electron chi connectivity index (χ4n) is 0.0445. The van der Waals surface area contributed by atoms with Crippen molar-refractivity contribution in [2.75, 3.05) is 0 Å². The average Bonchev–Trinajstić information content (AvgIpc) is 1.65. The number of ketones is 1. The largest absolute Gasteiger partial charge is 0.288 e. The molecule has 0 bridgehead atoms. The van der Waals surface area contributed by atoms with E-state index in [4.69, 9.17) is 0 Å². The summed E-state index contributed by atoms with van der Waals surface area (Å²) < 4.78 is -0.572. The molecule has 0 amide bonds. The number of halogens is 2. The van der Waals surface area contributed by atoms with Crippen LogP contribution in [0.2, 0.25) is 0 Å². The number of carbonyl (C=O) groups is 1. The van der Waals surface area contributed by atoms with Crippen molar-refractivity contribution in [3.05, 3.63) is 0 Å². The maximum Gasteiger partial charge on any atom is 0.274 e. The molecule has 0 heterocycles. The van der Waals surface area contributed by atoms with Crippen LogP contribution < -0.4 is 0 Å². The first kappa shape index (κ1) is 7.30. The number of alkyl halides is 2. The highest BCUT2D eigenvalue weighted by Crippen LogP contribution is 2.06. The van der Waals surface area contributed by atoms with Gasteiger partial charge in [0.1, 0.15) is 3.74 Å². The summed E-state index contributed by atoms with van der Waals surface area (Å²) >= 11 is 5.61. The molecule has 0 N–H and O–H groups in total. The van der Waals surface area contributed by atoms with Gasteiger partial charge in [-0.2, -0.15) is 0 Å². The van der Waals surface area contributed by atoms with E-state index in [-0.39, 0.29) is 0 Å². The van der Waals surface area contributed by atoms with E-state index in [0.29, 0.717) is 0 Å². The van der Waals surface area contributed by atoms with Crippen LogP contribution in [0.5, 0.6) is 0 Å². The fourth-order valence-corrected chi connectivity index (χ4v) is 0.231. The number of rotatable bonds is 2. The smallest absolute Gasteiger partial charge is 0.274 e. The normalized spacial score (nSPS) is 9.00. The third-order valence-corrected chi connectivity index (χ3v) is 1.13. The molecule has 0 atom stereocenters. The van der Waals surface area contributed by atoms with Crippen molar-refractivity contribution in [2.24, 2.45) is 0 Å². The molecule has 0 aromatic carbocycles. The zero-order chi connectivity index (χ0) is 5.86. The third-order valence-electron chi connectivity index (χ3n) is 0.299.